The van der Waals surface area contributed by atoms with E-state index in [2.05, 4.69) is 334 Å². The molecule has 0 bridgehead atoms. The highest BCUT2D eigenvalue weighted by atomic mass is 15.2. The Balaban J connectivity index is 0.924. The first kappa shape index (κ1) is 47.4. The molecule has 1 aliphatic carbocycles. The third-order valence-electron chi connectivity index (χ3n) is 16.0. The maximum Gasteiger partial charge on any atom is 0.137 e. The van der Waals surface area contributed by atoms with Gasteiger partial charge in [0.1, 0.15) is 11.3 Å². The molecule has 6 nitrogen and oxygen atoms in total. The number of benzene rings is 10. The number of imidazole rings is 2. The maximum atomic E-state index is 5.21. The first-order valence-corrected chi connectivity index (χ1v) is 27.6. The van der Waals surface area contributed by atoms with E-state index < -0.39 is 5.41 Å². The second kappa shape index (κ2) is 19.9. The third-order valence-corrected chi connectivity index (χ3v) is 16.0. The molecule has 382 valence electrons. The van der Waals surface area contributed by atoms with Crippen LogP contribution in [0.5, 0.6) is 0 Å². The lowest BCUT2D eigenvalue weighted by Gasteiger charge is -2.35. The fourth-order valence-corrected chi connectivity index (χ4v) is 12.5. The molecule has 14 aromatic rings. The summed E-state index contributed by atoms with van der Waals surface area (Å²) >= 11 is 0. The van der Waals surface area contributed by atoms with Gasteiger partial charge in [0.25, 0.3) is 0 Å². The molecule has 15 rings (SSSR count). The maximum absolute atomic E-state index is 5.21. The van der Waals surface area contributed by atoms with Crippen LogP contribution in [0.2, 0.25) is 0 Å². The van der Waals surface area contributed by atoms with Crippen molar-refractivity contribution >= 4 is 45.4 Å². The van der Waals surface area contributed by atoms with Crippen LogP contribution in [-0.4, -0.2) is 18.8 Å². The minimum absolute atomic E-state index is 0.726. The Hall–Kier alpha value is -10.8. The van der Waals surface area contributed by atoms with Crippen molar-refractivity contribution in [3.8, 4) is 56.2 Å². The summed E-state index contributed by atoms with van der Waals surface area (Å²) in [6.45, 7) is 0. The summed E-state index contributed by atoms with van der Waals surface area (Å²) in [5.74, 6) is 0. The highest BCUT2D eigenvalue weighted by Gasteiger charge is 2.47. The lowest BCUT2D eigenvalue weighted by atomic mass is 9.67. The number of anilines is 6. The lowest BCUT2D eigenvalue weighted by Crippen LogP contribution is -2.29. The van der Waals surface area contributed by atoms with Crippen LogP contribution < -0.4 is 9.80 Å². The van der Waals surface area contributed by atoms with Crippen molar-refractivity contribution < 1.29 is 0 Å². The molecule has 4 heterocycles. The molecule has 0 fully saturated rings. The summed E-state index contributed by atoms with van der Waals surface area (Å²) in [4.78, 5) is 15.2. The first-order chi connectivity index (χ1) is 40.2. The second-order valence-electron chi connectivity index (χ2n) is 20.6. The van der Waals surface area contributed by atoms with Crippen LogP contribution in [0.3, 0.4) is 0 Å². The monoisotopic (exact) mass is 1040 g/mol. The number of hydrogen-bond acceptors (Lipinski definition) is 4. The Kier molecular flexibility index (Phi) is 11.6. The van der Waals surface area contributed by atoms with E-state index in [0.29, 0.717) is 0 Å². The molecule has 0 aliphatic heterocycles. The first-order valence-electron chi connectivity index (χ1n) is 27.6. The Morgan fingerprint density at radius 3 is 1.01 bits per heavy atom. The molecule has 1 aliphatic rings. The smallest absolute Gasteiger partial charge is 0.137 e. The number of aromatic nitrogens is 4. The van der Waals surface area contributed by atoms with Crippen LogP contribution >= 0.6 is 0 Å². The van der Waals surface area contributed by atoms with Gasteiger partial charge in [-0.3, -0.25) is 8.80 Å². The highest BCUT2D eigenvalue weighted by Crippen LogP contribution is 2.59. The zero-order valence-corrected chi connectivity index (χ0v) is 44.2. The predicted molar refractivity (Wildman–Crippen MR) is 332 cm³/mol. The van der Waals surface area contributed by atoms with E-state index in [1.54, 1.807) is 0 Å². The van der Waals surface area contributed by atoms with E-state index in [1.807, 2.05) is 0 Å². The van der Waals surface area contributed by atoms with Gasteiger partial charge >= 0.3 is 0 Å². The van der Waals surface area contributed by atoms with Gasteiger partial charge in [-0.1, -0.05) is 206 Å². The van der Waals surface area contributed by atoms with Gasteiger partial charge in [0.05, 0.1) is 28.2 Å². The highest BCUT2D eigenvalue weighted by molar-refractivity contribution is 5.93. The van der Waals surface area contributed by atoms with Crippen LogP contribution in [0.4, 0.5) is 34.1 Å². The average molecular weight is 1040 g/mol. The molecule has 6 heteroatoms. The third kappa shape index (κ3) is 8.03. The van der Waals surface area contributed by atoms with Crippen LogP contribution in [0.15, 0.2) is 316 Å². The molecule has 0 radical (unpaired) electrons. The van der Waals surface area contributed by atoms with E-state index in [9.17, 15) is 0 Å². The summed E-state index contributed by atoms with van der Waals surface area (Å²) in [6, 6.07) is 109. The Morgan fingerprint density at radius 1 is 0.272 bits per heavy atom. The van der Waals surface area contributed by atoms with Crippen LogP contribution in [0, 0.1) is 0 Å². The molecule has 4 aromatic heterocycles. The van der Waals surface area contributed by atoms with E-state index >= 15 is 0 Å². The fraction of sp³-hybridized carbons (Fsp3) is 0.0133. The van der Waals surface area contributed by atoms with Crippen molar-refractivity contribution in [2.75, 3.05) is 9.80 Å². The lowest BCUT2D eigenvalue weighted by molar-refractivity contribution is 0.768. The number of rotatable bonds is 12. The molecular weight excluding hydrogens is 985 g/mol. The van der Waals surface area contributed by atoms with Gasteiger partial charge in [-0.2, -0.15) is 0 Å². The largest absolute Gasteiger partial charge is 0.310 e. The quantitative estimate of drug-likeness (QED) is 0.122. The summed E-state index contributed by atoms with van der Waals surface area (Å²) in [5.41, 5.74) is 22.8. The number of pyridine rings is 2. The minimum Gasteiger partial charge on any atom is -0.310 e. The number of hydrogen-bond donors (Lipinski definition) is 0. The van der Waals surface area contributed by atoms with Gasteiger partial charge in [-0.25, -0.2) is 9.97 Å². The SMILES string of the molecule is c1ccc(-c2nc3ccccn3c2-c2cccc(N(c3ccccc3)c3ccc4c(c3)C(c3ccccc3)(c3ccccc3)c3cc(N(c5ccccc5)c5cccc(-c6c(-c7ccccc7)nc7ccccn67)c5)ccc3-4)c2)cc1. The summed E-state index contributed by atoms with van der Waals surface area (Å²) in [7, 11) is 0. The molecule has 0 N–H and O–H groups in total. The summed E-state index contributed by atoms with van der Waals surface area (Å²) in [5, 5.41) is 0. The van der Waals surface area contributed by atoms with E-state index in [1.165, 1.54) is 33.4 Å². The number of para-hydroxylation sites is 2. The van der Waals surface area contributed by atoms with Crippen LogP contribution in [0.25, 0.3) is 67.5 Å². The molecule has 0 unspecified atom stereocenters. The predicted octanol–water partition coefficient (Wildman–Crippen LogP) is 19.0. The van der Waals surface area contributed by atoms with Gasteiger partial charge in [-0.15, -0.1) is 0 Å². The van der Waals surface area contributed by atoms with E-state index in [-0.39, 0.29) is 0 Å². The molecule has 0 saturated carbocycles. The zero-order valence-electron chi connectivity index (χ0n) is 44.2. The van der Waals surface area contributed by atoms with Crippen molar-refractivity contribution in [1.82, 2.24) is 18.8 Å². The summed E-state index contributed by atoms with van der Waals surface area (Å²) < 4.78 is 4.42. The normalized spacial score (nSPS) is 12.3. The van der Waals surface area contributed by atoms with Gasteiger partial charge in [0.15, 0.2) is 0 Å². The molecule has 0 spiro atoms. The zero-order chi connectivity index (χ0) is 53.7. The Morgan fingerprint density at radius 2 is 0.605 bits per heavy atom. The molecule has 0 saturated heterocycles. The molecule has 0 atom stereocenters. The van der Waals surface area contributed by atoms with Gasteiger partial charge in [0, 0.05) is 68.8 Å². The minimum atomic E-state index is -0.726. The molecular formula is C75H52N6. The Labute approximate surface area is 471 Å². The van der Waals surface area contributed by atoms with E-state index in [4.69, 9.17) is 9.97 Å². The van der Waals surface area contributed by atoms with Gasteiger partial charge in [0.2, 0.25) is 0 Å². The van der Waals surface area contributed by atoms with Crippen molar-refractivity contribution in [2.45, 2.75) is 5.41 Å². The molecule has 81 heavy (non-hydrogen) atoms. The second-order valence-corrected chi connectivity index (χ2v) is 20.6. The van der Waals surface area contributed by atoms with Crippen LogP contribution in [0.1, 0.15) is 22.3 Å². The molecule has 10 aromatic carbocycles. The topological polar surface area (TPSA) is 41.1 Å². The Bertz CT molecular complexity index is 4280. The standard InChI is InChI=1S/C75H52N6/c1-7-25-53(26-8-1)71-73(78-47-21-19-41-69(78)76-71)55-29-23-39-61(49-55)80(59-35-15-5-16-36-59)63-43-45-65-66-46-44-64(52-68(66)75(67(65)51-63,57-31-11-3-12-32-57)58-33-13-4-14-34-58)81(60-37-17-6-18-38-60)62-40-24-30-56(50-62)74-72(54-27-9-2-10-28-54)77-70-42-20-22-48-79(70)74/h1-52H. The van der Waals surface area contributed by atoms with E-state index in [0.717, 1.165) is 90.4 Å². The number of fused-ring (bicyclic) bond motifs is 5. The van der Waals surface area contributed by atoms with Gasteiger partial charge < -0.3 is 9.80 Å². The van der Waals surface area contributed by atoms with Crippen molar-refractivity contribution in [3.63, 3.8) is 0 Å². The molecule has 0 amide bonds. The fourth-order valence-electron chi connectivity index (χ4n) is 12.5. The van der Waals surface area contributed by atoms with Gasteiger partial charge in [-0.05, 0) is 130 Å². The van der Waals surface area contributed by atoms with Crippen molar-refractivity contribution in [2.24, 2.45) is 0 Å². The van der Waals surface area contributed by atoms with Crippen LogP contribution in [-0.2, 0) is 5.41 Å². The summed E-state index contributed by atoms with van der Waals surface area (Å²) in [6.07, 6.45) is 4.23. The van der Waals surface area contributed by atoms with Crippen molar-refractivity contribution in [1.29, 1.82) is 0 Å². The average Bonchev–Trinajstić information content (AvgIpc) is 3.43. The number of nitrogens with zero attached hydrogens (tertiary/aromatic N) is 6. The van der Waals surface area contributed by atoms with Crippen molar-refractivity contribution in [3.05, 3.63) is 338 Å².